The third kappa shape index (κ3) is 5.19. The first-order chi connectivity index (χ1) is 9.10. The van der Waals surface area contributed by atoms with Gasteiger partial charge in [0.25, 0.3) is 0 Å². The summed E-state index contributed by atoms with van der Waals surface area (Å²) in [6, 6.07) is 6.27. The number of hydrogen-bond donors (Lipinski definition) is 2. The molecule has 1 atom stereocenters. The number of rotatable bonds is 8. The Hall–Kier alpha value is -1.10. The molecular formula is C15H25NO3. The Kier molecular flexibility index (Phi) is 6.84. The highest BCUT2D eigenvalue weighted by molar-refractivity contribution is 5.37. The van der Waals surface area contributed by atoms with Crippen molar-refractivity contribution in [3.8, 4) is 5.75 Å². The molecule has 0 saturated carbocycles. The largest absolute Gasteiger partial charge is 0.496 e. The van der Waals surface area contributed by atoms with Crippen molar-refractivity contribution in [1.82, 2.24) is 4.90 Å². The second kappa shape index (κ2) is 8.15. The molecule has 0 aliphatic rings. The lowest BCUT2D eigenvalue weighted by molar-refractivity contribution is 0.0669. The van der Waals surface area contributed by atoms with Crippen LogP contribution in [0.3, 0.4) is 0 Å². The zero-order valence-corrected chi connectivity index (χ0v) is 12.1. The van der Waals surface area contributed by atoms with Crippen molar-refractivity contribution in [3.63, 3.8) is 0 Å². The molecule has 1 unspecified atom stereocenters. The molecule has 0 aliphatic carbocycles. The molecule has 0 radical (unpaired) electrons. The molecule has 1 aromatic carbocycles. The Morgan fingerprint density at radius 2 is 2.11 bits per heavy atom. The molecule has 0 heterocycles. The lowest BCUT2D eigenvalue weighted by atomic mass is 10.0. The number of aryl methyl sites for hydroxylation is 1. The number of likely N-dealkylation sites (N-methyl/N-ethyl adjacent to an activating group) is 1. The molecule has 4 nitrogen and oxygen atoms in total. The van der Waals surface area contributed by atoms with Crippen LogP contribution in [0.15, 0.2) is 18.2 Å². The predicted molar refractivity (Wildman–Crippen MR) is 76.7 cm³/mol. The summed E-state index contributed by atoms with van der Waals surface area (Å²) in [6.45, 7) is 3.24. The van der Waals surface area contributed by atoms with Gasteiger partial charge in [0.15, 0.2) is 0 Å². The van der Waals surface area contributed by atoms with Crippen molar-refractivity contribution >= 4 is 0 Å². The molecule has 0 spiro atoms. The van der Waals surface area contributed by atoms with E-state index in [4.69, 9.17) is 9.84 Å². The Labute approximate surface area is 115 Å². The van der Waals surface area contributed by atoms with Crippen LogP contribution in [0.4, 0.5) is 0 Å². The van der Waals surface area contributed by atoms with Crippen molar-refractivity contribution in [2.45, 2.75) is 25.9 Å². The molecule has 1 aromatic rings. The number of aliphatic hydroxyl groups is 2. The molecule has 108 valence electrons. The first-order valence-electron chi connectivity index (χ1n) is 6.74. The van der Waals surface area contributed by atoms with Crippen molar-refractivity contribution in [1.29, 1.82) is 0 Å². The molecule has 0 amide bonds. The second-order valence-electron chi connectivity index (χ2n) is 4.85. The summed E-state index contributed by atoms with van der Waals surface area (Å²) in [5, 5.41) is 18.2. The SMILES string of the molecule is CCc1ccc(OC)c(CCN(C)CC(O)CO)c1. The van der Waals surface area contributed by atoms with Crippen LogP contribution >= 0.6 is 0 Å². The van der Waals surface area contributed by atoms with Crippen LogP contribution < -0.4 is 4.74 Å². The summed E-state index contributed by atoms with van der Waals surface area (Å²) >= 11 is 0. The topological polar surface area (TPSA) is 52.9 Å². The third-order valence-corrected chi connectivity index (χ3v) is 3.25. The number of aliphatic hydroxyl groups excluding tert-OH is 2. The minimum Gasteiger partial charge on any atom is -0.496 e. The van der Waals surface area contributed by atoms with Gasteiger partial charge in [-0.25, -0.2) is 0 Å². The van der Waals surface area contributed by atoms with E-state index in [1.54, 1.807) is 7.11 Å². The maximum absolute atomic E-state index is 9.39. The maximum atomic E-state index is 9.39. The molecule has 19 heavy (non-hydrogen) atoms. The van der Waals surface area contributed by atoms with E-state index >= 15 is 0 Å². The van der Waals surface area contributed by atoms with Gasteiger partial charge in [-0.15, -0.1) is 0 Å². The van der Waals surface area contributed by atoms with E-state index in [2.05, 4.69) is 19.1 Å². The monoisotopic (exact) mass is 267 g/mol. The van der Waals surface area contributed by atoms with Gasteiger partial charge in [0.05, 0.1) is 19.8 Å². The lowest BCUT2D eigenvalue weighted by Crippen LogP contribution is -2.32. The third-order valence-electron chi connectivity index (χ3n) is 3.25. The molecule has 0 saturated heterocycles. The molecule has 0 aromatic heterocycles. The fourth-order valence-electron chi connectivity index (χ4n) is 2.07. The fraction of sp³-hybridized carbons (Fsp3) is 0.600. The Morgan fingerprint density at radius 3 is 2.68 bits per heavy atom. The van der Waals surface area contributed by atoms with E-state index in [-0.39, 0.29) is 6.61 Å². The number of nitrogens with zero attached hydrogens (tertiary/aromatic N) is 1. The standard InChI is InChI=1S/C15H25NO3/c1-4-12-5-6-15(19-3)13(9-12)7-8-16(2)10-14(18)11-17/h5-6,9,14,17-18H,4,7-8,10-11H2,1-3H3. The smallest absolute Gasteiger partial charge is 0.122 e. The van der Waals surface area contributed by atoms with Crippen molar-refractivity contribution < 1.29 is 14.9 Å². The average Bonchev–Trinajstić information content (AvgIpc) is 2.44. The summed E-state index contributed by atoms with van der Waals surface area (Å²) in [5.74, 6) is 0.910. The van der Waals surface area contributed by atoms with Crippen LogP contribution in [0.1, 0.15) is 18.1 Å². The van der Waals surface area contributed by atoms with Gasteiger partial charge in [-0.1, -0.05) is 19.1 Å². The van der Waals surface area contributed by atoms with Crippen molar-refractivity contribution in [2.75, 3.05) is 33.9 Å². The lowest BCUT2D eigenvalue weighted by Gasteiger charge is -2.20. The van der Waals surface area contributed by atoms with E-state index in [0.29, 0.717) is 6.54 Å². The van der Waals surface area contributed by atoms with Gasteiger partial charge >= 0.3 is 0 Å². The minimum absolute atomic E-state index is 0.195. The zero-order valence-electron chi connectivity index (χ0n) is 12.1. The van der Waals surface area contributed by atoms with E-state index in [1.165, 1.54) is 11.1 Å². The summed E-state index contributed by atoms with van der Waals surface area (Å²) < 4.78 is 5.37. The van der Waals surface area contributed by atoms with Gasteiger partial charge in [-0.05, 0) is 37.1 Å². The van der Waals surface area contributed by atoms with Gasteiger partial charge < -0.3 is 19.8 Å². The molecule has 0 bridgehead atoms. The van der Waals surface area contributed by atoms with Gasteiger partial charge in [-0.2, -0.15) is 0 Å². The Bertz CT molecular complexity index is 382. The number of benzene rings is 1. The quantitative estimate of drug-likeness (QED) is 0.740. The molecule has 1 rings (SSSR count). The van der Waals surface area contributed by atoms with Crippen LogP contribution in [0.5, 0.6) is 5.75 Å². The number of methoxy groups -OCH3 is 1. The zero-order chi connectivity index (χ0) is 14.3. The first kappa shape index (κ1) is 16.0. The van der Waals surface area contributed by atoms with E-state index in [0.717, 1.165) is 25.1 Å². The highest BCUT2D eigenvalue weighted by Crippen LogP contribution is 2.21. The van der Waals surface area contributed by atoms with Crippen LogP contribution in [0, 0.1) is 0 Å². The number of ether oxygens (including phenoxy) is 1. The normalized spacial score (nSPS) is 12.7. The van der Waals surface area contributed by atoms with Crippen molar-refractivity contribution in [3.05, 3.63) is 29.3 Å². The summed E-state index contributed by atoms with van der Waals surface area (Å²) in [6.07, 6.45) is 1.20. The van der Waals surface area contributed by atoms with Gasteiger partial charge in [0, 0.05) is 13.1 Å². The van der Waals surface area contributed by atoms with Gasteiger partial charge in [0.1, 0.15) is 5.75 Å². The second-order valence-corrected chi connectivity index (χ2v) is 4.85. The Balaban J connectivity index is 2.60. The van der Waals surface area contributed by atoms with Crippen LogP contribution in [0.2, 0.25) is 0 Å². The fourth-order valence-corrected chi connectivity index (χ4v) is 2.07. The Morgan fingerprint density at radius 1 is 1.37 bits per heavy atom. The van der Waals surface area contributed by atoms with E-state index in [9.17, 15) is 5.11 Å². The molecular weight excluding hydrogens is 242 g/mol. The summed E-state index contributed by atoms with van der Waals surface area (Å²) in [5.41, 5.74) is 2.49. The predicted octanol–water partition coefficient (Wildman–Crippen LogP) is 1.09. The molecule has 0 aliphatic heterocycles. The van der Waals surface area contributed by atoms with Crippen molar-refractivity contribution in [2.24, 2.45) is 0 Å². The maximum Gasteiger partial charge on any atom is 0.122 e. The molecule has 2 N–H and O–H groups in total. The average molecular weight is 267 g/mol. The van der Waals surface area contributed by atoms with E-state index < -0.39 is 6.10 Å². The van der Waals surface area contributed by atoms with Crippen LogP contribution in [-0.2, 0) is 12.8 Å². The first-order valence-corrected chi connectivity index (χ1v) is 6.74. The van der Waals surface area contributed by atoms with Gasteiger partial charge in [-0.3, -0.25) is 0 Å². The van der Waals surface area contributed by atoms with Crippen LogP contribution in [-0.4, -0.2) is 55.1 Å². The van der Waals surface area contributed by atoms with Crippen LogP contribution in [0.25, 0.3) is 0 Å². The highest BCUT2D eigenvalue weighted by Gasteiger charge is 2.09. The number of hydrogen-bond acceptors (Lipinski definition) is 4. The van der Waals surface area contributed by atoms with E-state index in [1.807, 2.05) is 18.0 Å². The highest BCUT2D eigenvalue weighted by atomic mass is 16.5. The minimum atomic E-state index is -0.672. The molecule has 4 heteroatoms. The van der Waals surface area contributed by atoms with Gasteiger partial charge in [0.2, 0.25) is 0 Å². The summed E-state index contributed by atoms with van der Waals surface area (Å²) in [4.78, 5) is 2.01. The summed E-state index contributed by atoms with van der Waals surface area (Å²) in [7, 11) is 3.62. The molecule has 0 fully saturated rings.